The summed E-state index contributed by atoms with van der Waals surface area (Å²) < 4.78 is 0. The topological polar surface area (TPSA) is 69.6 Å². The van der Waals surface area contributed by atoms with Crippen LogP contribution in [0.3, 0.4) is 0 Å². The van der Waals surface area contributed by atoms with Crippen LogP contribution < -0.4 is 5.32 Å². The van der Waals surface area contributed by atoms with Crippen LogP contribution in [0, 0.1) is 0 Å². The van der Waals surface area contributed by atoms with E-state index in [1.807, 2.05) is 0 Å². The molecule has 444 valence electrons. The summed E-state index contributed by atoms with van der Waals surface area (Å²) >= 11 is 0. The van der Waals surface area contributed by atoms with Gasteiger partial charge in [0.25, 0.3) is 0 Å². The number of rotatable bonds is 67. The summed E-state index contributed by atoms with van der Waals surface area (Å²) in [7, 11) is 0. The van der Waals surface area contributed by atoms with Gasteiger partial charge in [-0.2, -0.15) is 0 Å². The number of carbonyl (C=O) groups excluding carboxylic acids is 1. The summed E-state index contributed by atoms with van der Waals surface area (Å²) in [5, 5.41) is 23.5. The largest absolute Gasteiger partial charge is 0.394 e. The van der Waals surface area contributed by atoms with Crippen LogP contribution in [0.4, 0.5) is 0 Å². The van der Waals surface area contributed by atoms with Gasteiger partial charge in [0.2, 0.25) is 5.91 Å². The maximum absolute atomic E-state index is 12.6. The second kappa shape index (κ2) is 66.7. The normalized spacial score (nSPS) is 12.5. The third kappa shape index (κ3) is 62.2. The molecule has 3 N–H and O–H groups in total. The average molecular weight is 1040 g/mol. The lowest BCUT2D eigenvalue weighted by Gasteiger charge is -2.22. The number of amides is 1. The van der Waals surface area contributed by atoms with E-state index < -0.39 is 12.1 Å². The van der Waals surface area contributed by atoms with E-state index in [0.717, 1.165) is 25.7 Å². The molecule has 0 saturated carbocycles. The minimum Gasteiger partial charge on any atom is -0.394 e. The van der Waals surface area contributed by atoms with Gasteiger partial charge in [-0.1, -0.05) is 406 Å². The number of unbranched alkanes of at least 4 members (excludes halogenated alkanes) is 60. The second-order valence-corrected chi connectivity index (χ2v) is 24.7. The summed E-state index contributed by atoms with van der Waals surface area (Å²) in [6.45, 7) is 4.42. The summed E-state index contributed by atoms with van der Waals surface area (Å²) in [5.74, 6) is -0.0191. The second-order valence-electron chi connectivity index (χ2n) is 24.7. The SMILES string of the molecule is CCCCCCCCCCCCCCCCCCCCCCCCCCCCCCCCCC(=O)NC(CO)C(O)CCCCCCCCCCCCCCCCCCCCCCCCCCCCCCCCC. The number of hydrogen-bond donors (Lipinski definition) is 3. The Labute approximate surface area is 467 Å². The van der Waals surface area contributed by atoms with E-state index in [-0.39, 0.29) is 12.5 Å². The number of aliphatic hydroxyl groups is 2. The minimum absolute atomic E-state index is 0.0191. The van der Waals surface area contributed by atoms with E-state index in [2.05, 4.69) is 19.2 Å². The quantitative estimate of drug-likeness (QED) is 0.0532. The first-order valence-electron chi connectivity index (χ1n) is 35.2. The van der Waals surface area contributed by atoms with Crippen molar-refractivity contribution in [3.05, 3.63) is 0 Å². The zero-order valence-electron chi connectivity index (χ0n) is 51.4. The van der Waals surface area contributed by atoms with E-state index in [0.29, 0.717) is 12.8 Å². The van der Waals surface area contributed by atoms with Gasteiger partial charge >= 0.3 is 0 Å². The van der Waals surface area contributed by atoms with Gasteiger partial charge in [0.1, 0.15) is 0 Å². The molecule has 74 heavy (non-hydrogen) atoms. The molecule has 4 nitrogen and oxygen atoms in total. The van der Waals surface area contributed by atoms with E-state index in [9.17, 15) is 15.0 Å². The molecule has 2 atom stereocenters. The van der Waals surface area contributed by atoms with Crippen molar-refractivity contribution < 1.29 is 15.0 Å². The van der Waals surface area contributed by atoms with Crippen LogP contribution in [0.15, 0.2) is 0 Å². The van der Waals surface area contributed by atoms with Crippen LogP contribution in [0.25, 0.3) is 0 Å². The number of nitrogens with one attached hydrogen (secondary N) is 1. The molecular weight excluding hydrogens is 903 g/mol. The first-order chi connectivity index (χ1) is 36.7. The van der Waals surface area contributed by atoms with Crippen molar-refractivity contribution in [2.24, 2.45) is 0 Å². The van der Waals surface area contributed by atoms with Crippen molar-refractivity contribution in [3.63, 3.8) is 0 Å². The molecule has 1 amide bonds. The molecule has 0 aromatic carbocycles. The van der Waals surface area contributed by atoms with E-state index in [1.54, 1.807) is 0 Å². The molecule has 0 heterocycles. The van der Waals surface area contributed by atoms with Crippen LogP contribution in [-0.2, 0) is 4.79 Å². The Morgan fingerprint density at radius 2 is 0.432 bits per heavy atom. The number of aliphatic hydroxyl groups excluding tert-OH is 2. The highest BCUT2D eigenvalue weighted by molar-refractivity contribution is 5.76. The first-order valence-corrected chi connectivity index (χ1v) is 35.2. The fourth-order valence-electron chi connectivity index (χ4n) is 11.8. The fraction of sp³-hybridized carbons (Fsp3) is 0.986. The highest BCUT2D eigenvalue weighted by Crippen LogP contribution is 2.20. The Morgan fingerprint density at radius 3 is 0.608 bits per heavy atom. The third-order valence-corrected chi connectivity index (χ3v) is 17.1. The molecule has 0 aliphatic rings. The van der Waals surface area contributed by atoms with Gasteiger partial charge in [0.15, 0.2) is 0 Å². The van der Waals surface area contributed by atoms with Gasteiger partial charge in [-0.3, -0.25) is 4.79 Å². The lowest BCUT2D eigenvalue weighted by atomic mass is 10.0. The summed E-state index contributed by atoms with van der Waals surface area (Å²) in [6.07, 6.45) is 87.4. The lowest BCUT2D eigenvalue weighted by molar-refractivity contribution is -0.123. The predicted octanol–water partition coefficient (Wildman–Crippen LogP) is 23.8. The number of hydrogen-bond acceptors (Lipinski definition) is 3. The molecule has 0 rings (SSSR count). The average Bonchev–Trinajstić information content (AvgIpc) is 3.40. The smallest absolute Gasteiger partial charge is 0.220 e. The predicted molar refractivity (Wildman–Crippen MR) is 332 cm³/mol. The van der Waals surface area contributed by atoms with Crippen LogP contribution in [0.2, 0.25) is 0 Å². The number of carbonyl (C=O) groups is 1. The van der Waals surface area contributed by atoms with Crippen molar-refractivity contribution in [1.29, 1.82) is 0 Å². The fourth-order valence-corrected chi connectivity index (χ4v) is 11.8. The Bertz CT molecular complexity index is 1000. The van der Waals surface area contributed by atoms with Crippen molar-refractivity contribution in [1.82, 2.24) is 5.32 Å². The molecular formula is C70H141NO3. The van der Waals surface area contributed by atoms with Crippen LogP contribution >= 0.6 is 0 Å². The Morgan fingerprint density at radius 1 is 0.270 bits per heavy atom. The van der Waals surface area contributed by atoms with Crippen LogP contribution in [0.1, 0.15) is 425 Å². The van der Waals surface area contributed by atoms with Crippen molar-refractivity contribution in [2.75, 3.05) is 6.61 Å². The molecule has 4 heteroatoms. The molecule has 0 fully saturated rings. The van der Waals surface area contributed by atoms with Crippen molar-refractivity contribution >= 4 is 5.91 Å². The van der Waals surface area contributed by atoms with Crippen molar-refractivity contribution in [2.45, 2.75) is 437 Å². The summed E-state index contributed by atoms with van der Waals surface area (Å²) in [5.41, 5.74) is 0. The summed E-state index contributed by atoms with van der Waals surface area (Å²) in [6, 6.07) is -0.533. The van der Waals surface area contributed by atoms with Crippen molar-refractivity contribution in [3.8, 4) is 0 Å². The third-order valence-electron chi connectivity index (χ3n) is 17.1. The molecule has 0 aliphatic heterocycles. The zero-order chi connectivity index (χ0) is 53.4. The lowest BCUT2D eigenvalue weighted by Crippen LogP contribution is -2.45. The molecule has 0 aliphatic carbocycles. The highest BCUT2D eigenvalue weighted by Gasteiger charge is 2.20. The maximum Gasteiger partial charge on any atom is 0.220 e. The molecule has 0 aromatic heterocycles. The van der Waals surface area contributed by atoms with Gasteiger partial charge in [0.05, 0.1) is 18.8 Å². The molecule has 0 spiro atoms. The standard InChI is InChI=1S/C70H141NO3/c1-3-5-7-9-11-13-15-17-19-21-23-25-27-29-31-33-35-37-39-41-43-45-47-49-51-53-55-57-59-61-63-65-69(73)68(67-72)71-70(74)66-64-62-60-58-56-54-52-50-48-46-44-42-40-38-36-34-32-30-28-26-24-22-20-18-16-14-12-10-8-6-4-2/h68-69,72-73H,3-67H2,1-2H3,(H,71,74). The van der Waals surface area contributed by atoms with E-state index in [4.69, 9.17) is 0 Å². The maximum atomic E-state index is 12.6. The monoisotopic (exact) mass is 1040 g/mol. The van der Waals surface area contributed by atoms with Gasteiger partial charge in [-0.15, -0.1) is 0 Å². The Kier molecular flexibility index (Phi) is 66.1. The van der Waals surface area contributed by atoms with Gasteiger partial charge < -0.3 is 15.5 Å². The molecule has 0 radical (unpaired) electrons. The zero-order valence-corrected chi connectivity index (χ0v) is 51.4. The Balaban J connectivity index is 3.35. The van der Waals surface area contributed by atoms with E-state index in [1.165, 1.54) is 372 Å². The molecule has 0 bridgehead atoms. The van der Waals surface area contributed by atoms with Crippen LogP contribution in [-0.4, -0.2) is 34.9 Å². The Hall–Kier alpha value is -0.610. The minimum atomic E-state index is -0.657. The highest BCUT2D eigenvalue weighted by atomic mass is 16.3. The summed E-state index contributed by atoms with van der Waals surface area (Å²) in [4.78, 5) is 12.6. The van der Waals surface area contributed by atoms with Gasteiger partial charge in [-0.05, 0) is 12.8 Å². The van der Waals surface area contributed by atoms with Crippen LogP contribution in [0.5, 0.6) is 0 Å². The molecule has 2 unspecified atom stereocenters. The molecule has 0 saturated heterocycles. The van der Waals surface area contributed by atoms with Gasteiger partial charge in [0, 0.05) is 6.42 Å². The van der Waals surface area contributed by atoms with Gasteiger partial charge in [-0.25, -0.2) is 0 Å². The molecule has 0 aromatic rings. The van der Waals surface area contributed by atoms with E-state index >= 15 is 0 Å². The first kappa shape index (κ1) is 73.4.